The summed E-state index contributed by atoms with van der Waals surface area (Å²) < 4.78 is 1.45. The normalized spacial score (nSPS) is 12.8. The van der Waals surface area contributed by atoms with E-state index in [1.54, 1.807) is 13.0 Å². The molecule has 0 aromatic carbocycles. The lowest BCUT2D eigenvalue weighted by atomic mass is 10.4. The van der Waals surface area contributed by atoms with Gasteiger partial charge >= 0.3 is 5.69 Å². The summed E-state index contributed by atoms with van der Waals surface area (Å²) in [6, 6.07) is 2.10. The molecule has 2 aromatic heterocycles. The Kier molecular flexibility index (Phi) is 3.90. The molecule has 1 atom stereocenters. The fourth-order valence-electron chi connectivity index (χ4n) is 1.76. The maximum atomic E-state index is 11.5. The molecule has 0 bridgehead atoms. The van der Waals surface area contributed by atoms with Gasteiger partial charge in [-0.25, -0.2) is 19.3 Å². The van der Waals surface area contributed by atoms with Crippen molar-refractivity contribution in [2.24, 2.45) is 0 Å². The van der Waals surface area contributed by atoms with Gasteiger partial charge in [-0.2, -0.15) is 16.9 Å². The predicted molar refractivity (Wildman–Crippen MR) is 74.4 cm³/mol. The SMILES string of the molecule is CCSCC(C)Nc1cc2n[nH]c(=O)n2c(C)n1. The van der Waals surface area contributed by atoms with Gasteiger partial charge in [-0.15, -0.1) is 0 Å². The third kappa shape index (κ3) is 2.66. The van der Waals surface area contributed by atoms with Crippen LogP contribution in [0.4, 0.5) is 5.82 Å². The Morgan fingerprint density at radius 3 is 3.11 bits per heavy atom. The first kappa shape index (κ1) is 12.9. The Bertz CT molecular complexity index is 591. The highest BCUT2D eigenvalue weighted by molar-refractivity contribution is 7.99. The van der Waals surface area contributed by atoms with Gasteiger partial charge in [-0.1, -0.05) is 6.92 Å². The Morgan fingerprint density at radius 2 is 2.39 bits per heavy atom. The topological polar surface area (TPSA) is 75.1 Å². The van der Waals surface area contributed by atoms with E-state index in [9.17, 15) is 4.79 Å². The van der Waals surface area contributed by atoms with Crippen LogP contribution in [0.3, 0.4) is 0 Å². The number of H-pyrrole nitrogens is 1. The molecule has 7 heteroatoms. The molecular weight excluding hydrogens is 250 g/mol. The average molecular weight is 267 g/mol. The van der Waals surface area contributed by atoms with Crippen LogP contribution >= 0.6 is 11.8 Å². The quantitative estimate of drug-likeness (QED) is 0.853. The van der Waals surface area contributed by atoms with Crippen LogP contribution in [0.1, 0.15) is 19.7 Å². The van der Waals surface area contributed by atoms with E-state index in [0.717, 1.165) is 17.3 Å². The second kappa shape index (κ2) is 5.43. The van der Waals surface area contributed by atoms with Gasteiger partial charge in [0, 0.05) is 17.9 Å². The molecule has 0 radical (unpaired) electrons. The summed E-state index contributed by atoms with van der Waals surface area (Å²) in [6.45, 7) is 6.04. The van der Waals surface area contributed by atoms with Crippen LogP contribution in [0.25, 0.3) is 5.65 Å². The van der Waals surface area contributed by atoms with Crippen molar-refractivity contribution in [3.05, 3.63) is 22.4 Å². The second-order valence-corrected chi connectivity index (χ2v) is 5.43. The van der Waals surface area contributed by atoms with Gasteiger partial charge in [0.1, 0.15) is 11.6 Å². The highest BCUT2D eigenvalue weighted by atomic mass is 32.2. The molecule has 2 rings (SSSR count). The van der Waals surface area contributed by atoms with Crippen molar-refractivity contribution in [3.63, 3.8) is 0 Å². The first-order valence-corrected chi connectivity index (χ1v) is 7.06. The molecule has 2 aromatic rings. The molecule has 0 amide bonds. The summed E-state index contributed by atoms with van der Waals surface area (Å²) in [5, 5.41) is 9.68. The summed E-state index contributed by atoms with van der Waals surface area (Å²) in [6.07, 6.45) is 0. The van der Waals surface area contributed by atoms with E-state index in [0.29, 0.717) is 17.5 Å². The van der Waals surface area contributed by atoms with Crippen molar-refractivity contribution >= 4 is 23.2 Å². The second-order valence-electron chi connectivity index (χ2n) is 4.12. The molecule has 0 saturated carbocycles. The van der Waals surface area contributed by atoms with Gasteiger partial charge in [-0.3, -0.25) is 0 Å². The predicted octanol–water partition coefficient (Wildman–Crippen LogP) is 1.28. The first-order valence-electron chi connectivity index (χ1n) is 5.91. The van der Waals surface area contributed by atoms with E-state index in [4.69, 9.17) is 0 Å². The third-order valence-electron chi connectivity index (χ3n) is 2.54. The molecule has 0 aliphatic rings. The van der Waals surface area contributed by atoms with E-state index in [2.05, 4.69) is 34.3 Å². The summed E-state index contributed by atoms with van der Waals surface area (Å²) in [7, 11) is 0. The molecule has 18 heavy (non-hydrogen) atoms. The first-order chi connectivity index (χ1) is 8.61. The lowest BCUT2D eigenvalue weighted by molar-refractivity contribution is 0.880. The average Bonchev–Trinajstić information content (AvgIpc) is 2.68. The zero-order valence-corrected chi connectivity index (χ0v) is 11.5. The fourth-order valence-corrected chi connectivity index (χ4v) is 2.43. The summed E-state index contributed by atoms with van der Waals surface area (Å²) in [5.41, 5.74) is 0.335. The fraction of sp³-hybridized carbons (Fsp3) is 0.545. The minimum Gasteiger partial charge on any atom is -0.367 e. The Balaban J connectivity index is 2.22. The van der Waals surface area contributed by atoms with Gasteiger partial charge in [0.2, 0.25) is 0 Å². The van der Waals surface area contributed by atoms with Gasteiger partial charge in [0.15, 0.2) is 5.65 Å². The summed E-state index contributed by atoms with van der Waals surface area (Å²) in [5.74, 6) is 3.51. The van der Waals surface area contributed by atoms with E-state index in [1.165, 1.54) is 4.40 Å². The molecule has 0 spiro atoms. The van der Waals surface area contributed by atoms with Gasteiger partial charge in [-0.05, 0) is 19.6 Å². The number of nitrogens with one attached hydrogen (secondary N) is 2. The maximum Gasteiger partial charge on any atom is 0.349 e. The molecule has 1 unspecified atom stereocenters. The van der Waals surface area contributed by atoms with Crippen molar-refractivity contribution in [1.29, 1.82) is 0 Å². The molecule has 98 valence electrons. The number of thioether (sulfide) groups is 1. The van der Waals surface area contributed by atoms with Crippen molar-refractivity contribution in [2.75, 3.05) is 16.8 Å². The summed E-state index contributed by atoms with van der Waals surface area (Å²) >= 11 is 1.88. The largest absolute Gasteiger partial charge is 0.367 e. The summed E-state index contributed by atoms with van der Waals surface area (Å²) in [4.78, 5) is 15.8. The number of fused-ring (bicyclic) bond motifs is 1. The minimum atomic E-state index is -0.254. The number of aryl methyl sites for hydroxylation is 1. The number of rotatable bonds is 5. The van der Waals surface area contributed by atoms with Crippen LogP contribution in [-0.4, -0.2) is 37.1 Å². The van der Waals surface area contributed by atoms with Gasteiger partial charge < -0.3 is 5.32 Å². The zero-order valence-electron chi connectivity index (χ0n) is 10.7. The molecule has 0 aliphatic carbocycles. The van der Waals surface area contributed by atoms with Gasteiger partial charge in [0.25, 0.3) is 0 Å². The van der Waals surface area contributed by atoms with E-state index >= 15 is 0 Å². The maximum absolute atomic E-state index is 11.5. The van der Waals surface area contributed by atoms with E-state index in [1.807, 2.05) is 11.8 Å². The van der Waals surface area contributed by atoms with Crippen molar-refractivity contribution in [2.45, 2.75) is 26.8 Å². The highest BCUT2D eigenvalue weighted by Gasteiger charge is 2.08. The van der Waals surface area contributed by atoms with Crippen molar-refractivity contribution in [1.82, 2.24) is 19.6 Å². The number of hydrogen-bond acceptors (Lipinski definition) is 5. The number of aromatic amines is 1. The van der Waals surface area contributed by atoms with Gasteiger partial charge in [0.05, 0.1) is 0 Å². The van der Waals surface area contributed by atoms with E-state index in [-0.39, 0.29) is 5.69 Å². The van der Waals surface area contributed by atoms with E-state index < -0.39 is 0 Å². The number of nitrogens with zero attached hydrogens (tertiary/aromatic N) is 3. The highest BCUT2D eigenvalue weighted by Crippen LogP contribution is 2.11. The van der Waals surface area contributed by atoms with Crippen molar-refractivity contribution in [3.8, 4) is 0 Å². The molecule has 0 saturated heterocycles. The monoisotopic (exact) mass is 267 g/mol. The number of anilines is 1. The minimum absolute atomic E-state index is 0.254. The Labute approximate surface area is 109 Å². The molecule has 2 heterocycles. The molecule has 2 N–H and O–H groups in total. The van der Waals surface area contributed by atoms with Crippen LogP contribution in [0, 0.1) is 6.92 Å². The van der Waals surface area contributed by atoms with Crippen LogP contribution in [0.5, 0.6) is 0 Å². The lowest BCUT2D eigenvalue weighted by Crippen LogP contribution is -2.20. The van der Waals surface area contributed by atoms with Crippen LogP contribution in [0.15, 0.2) is 10.9 Å². The van der Waals surface area contributed by atoms with Crippen LogP contribution in [0.2, 0.25) is 0 Å². The standard InChI is InChI=1S/C11H17N5OS/c1-4-18-6-7(2)12-9-5-10-14-15-11(17)16(10)8(3)13-9/h5,7,12H,4,6H2,1-3H3,(H,15,17). The lowest BCUT2D eigenvalue weighted by Gasteiger charge is -2.14. The third-order valence-corrected chi connectivity index (χ3v) is 3.68. The molecule has 0 aliphatic heterocycles. The van der Waals surface area contributed by atoms with Crippen LogP contribution < -0.4 is 11.0 Å². The number of hydrogen-bond donors (Lipinski definition) is 2. The Morgan fingerprint density at radius 1 is 1.61 bits per heavy atom. The molecule has 0 fully saturated rings. The zero-order chi connectivity index (χ0) is 13.1. The number of aromatic nitrogens is 4. The van der Waals surface area contributed by atoms with Crippen LogP contribution in [-0.2, 0) is 0 Å². The molecule has 6 nitrogen and oxygen atoms in total. The smallest absolute Gasteiger partial charge is 0.349 e. The van der Waals surface area contributed by atoms with Crippen molar-refractivity contribution < 1.29 is 0 Å². The Hall–Kier alpha value is -1.50. The molecular formula is C11H17N5OS.